The molecule has 0 saturated carbocycles. The Kier molecular flexibility index (Phi) is 5.15. The Morgan fingerprint density at radius 2 is 1.76 bits per heavy atom. The summed E-state index contributed by atoms with van der Waals surface area (Å²) in [4.78, 5) is 0. The van der Waals surface area contributed by atoms with Gasteiger partial charge in [-0.25, -0.2) is 8.78 Å². The van der Waals surface area contributed by atoms with Crippen molar-refractivity contribution in [2.75, 3.05) is 0 Å². The lowest BCUT2D eigenvalue weighted by Gasteiger charge is -2.14. The molecule has 0 atom stereocenters. The maximum atomic E-state index is 13.9. The molecule has 2 aromatic carbocycles. The molecule has 2 rings (SSSR count). The van der Waals surface area contributed by atoms with Crippen LogP contribution in [0.15, 0.2) is 36.4 Å². The van der Waals surface area contributed by atoms with Crippen molar-refractivity contribution >= 4 is 11.6 Å². The number of nitrogens with one attached hydrogen (secondary N) is 1. The Labute approximate surface area is 127 Å². The summed E-state index contributed by atoms with van der Waals surface area (Å²) in [7, 11) is 0. The van der Waals surface area contributed by atoms with Gasteiger partial charge in [0.25, 0.3) is 0 Å². The molecule has 0 aliphatic carbocycles. The second kappa shape index (κ2) is 6.87. The molecule has 0 heterocycles. The molecule has 2 aromatic rings. The zero-order valence-electron chi connectivity index (χ0n) is 11.8. The molecule has 0 radical (unpaired) electrons. The minimum Gasteiger partial charge on any atom is -0.454 e. The first-order valence-corrected chi connectivity index (χ1v) is 6.99. The van der Waals surface area contributed by atoms with Gasteiger partial charge >= 0.3 is 0 Å². The van der Waals surface area contributed by atoms with Crippen molar-refractivity contribution in [1.82, 2.24) is 5.32 Å². The fourth-order valence-corrected chi connectivity index (χ4v) is 1.96. The van der Waals surface area contributed by atoms with Gasteiger partial charge in [-0.15, -0.1) is 0 Å². The molecule has 0 fully saturated rings. The highest BCUT2D eigenvalue weighted by Gasteiger charge is 2.14. The topological polar surface area (TPSA) is 21.3 Å². The van der Waals surface area contributed by atoms with Crippen LogP contribution in [0.3, 0.4) is 0 Å². The molecular formula is C16H16ClF2NO. The average molecular weight is 312 g/mol. The molecule has 1 N–H and O–H groups in total. The van der Waals surface area contributed by atoms with Crippen LogP contribution in [0.1, 0.15) is 19.4 Å². The summed E-state index contributed by atoms with van der Waals surface area (Å²) in [5.74, 6) is -0.822. The number of hydrogen-bond acceptors (Lipinski definition) is 2. The molecule has 0 aromatic heterocycles. The van der Waals surface area contributed by atoms with Crippen molar-refractivity contribution in [3.8, 4) is 11.5 Å². The normalized spacial score (nSPS) is 11.0. The van der Waals surface area contributed by atoms with Gasteiger partial charge in [-0.3, -0.25) is 0 Å². The zero-order valence-corrected chi connectivity index (χ0v) is 12.5. The van der Waals surface area contributed by atoms with Crippen molar-refractivity contribution < 1.29 is 13.5 Å². The maximum Gasteiger partial charge on any atom is 0.184 e. The number of halogens is 3. The van der Waals surface area contributed by atoms with Crippen LogP contribution < -0.4 is 10.1 Å². The lowest BCUT2D eigenvalue weighted by Crippen LogP contribution is -2.22. The first-order valence-electron chi connectivity index (χ1n) is 6.61. The van der Waals surface area contributed by atoms with E-state index in [1.165, 1.54) is 24.3 Å². The van der Waals surface area contributed by atoms with Gasteiger partial charge in [0.15, 0.2) is 11.6 Å². The van der Waals surface area contributed by atoms with Crippen molar-refractivity contribution in [3.05, 3.63) is 58.6 Å². The molecule has 0 bridgehead atoms. The Morgan fingerprint density at radius 3 is 2.48 bits per heavy atom. The van der Waals surface area contributed by atoms with Gasteiger partial charge in [-0.2, -0.15) is 0 Å². The SMILES string of the molecule is CC(C)NCc1c(F)cccc1Oc1cccc(Cl)c1F. The molecule has 21 heavy (non-hydrogen) atoms. The second-order valence-electron chi connectivity index (χ2n) is 4.91. The monoisotopic (exact) mass is 311 g/mol. The summed E-state index contributed by atoms with van der Waals surface area (Å²) >= 11 is 5.71. The Morgan fingerprint density at radius 1 is 1.10 bits per heavy atom. The van der Waals surface area contributed by atoms with Crippen molar-refractivity contribution in [2.45, 2.75) is 26.4 Å². The van der Waals surface area contributed by atoms with E-state index in [1.807, 2.05) is 13.8 Å². The smallest absolute Gasteiger partial charge is 0.184 e. The average Bonchev–Trinajstić information content (AvgIpc) is 2.43. The number of hydrogen-bond donors (Lipinski definition) is 1. The largest absolute Gasteiger partial charge is 0.454 e. The van der Waals surface area contributed by atoms with E-state index in [2.05, 4.69) is 5.32 Å². The Hall–Kier alpha value is -1.65. The molecule has 0 unspecified atom stereocenters. The van der Waals surface area contributed by atoms with Crippen LogP contribution in [0.2, 0.25) is 5.02 Å². The van der Waals surface area contributed by atoms with E-state index in [0.717, 1.165) is 0 Å². The summed E-state index contributed by atoms with van der Waals surface area (Å²) in [6.45, 7) is 4.21. The van der Waals surface area contributed by atoms with Gasteiger partial charge in [0.2, 0.25) is 0 Å². The zero-order chi connectivity index (χ0) is 15.4. The van der Waals surface area contributed by atoms with Crippen LogP contribution in [0.25, 0.3) is 0 Å². The third kappa shape index (κ3) is 3.93. The molecule has 0 saturated heterocycles. The molecule has 0 spiro atoms. The lowest BCUT2D eigenvalue weighted by molar-refractivity contribution is 0.427. The first kappa shape index (κ1) is 15.7. The van der Waals surface area contributed by atoms with Gasteiger partial charge in [0, 0.05) is 18.2 Å². The quantitative estimate of drug-likeness (QED) is 0.847. The van der Waals surface area contributed by atoms with E-state index >= 15 is 0 Å². The molecule has 2 nitrogen and oxygen atoms in total. The van der Waals surface area contributed by atoms with Gasteiger partial charge in [0.05, 0.1) is 5.02 Å². The van der Waals surface area contributed by atoms with Crippen LogP contribution >= 0.6 is 11.6 Å². The molecule has 112 valence electrons. The van der Waals surface area contributed by atoms with Gasteiger partial charge in [-0.1, -0.05) is 37.6 Å². The molecule has 0 aliphatic rings. The number of rotatable bonds is 5. The second-order valence-corrected chi connectivity index (χ2v) is 5.31. The third-order valence-electron chi connectivity index (χ3n) is 2.90. The Balaban J connectivity index is 2.31. The molecule has 0 amide bonds. The van der Waals surface area contributed by atoms with E-state index < -0.39 is 11.6 Å². The minimum absolute atomic E-state index is 0.0288. The predicted octanol–water partition coefficient (Wildman–Crippen LogP) is 4.91. The Bertz CT molecular complexity index is 632. The van der Waals surface area contributed by atoms with Crippen molar-refractivity contribution in [1.29, 1.82) is 0 Å². The summed E-state index contributed by atoms with van der Waals surface area (Å²) in [6.07, 6.45) is 0. The summed E-state index contributed by atoms with van der Waals surface area (Å²) in [6, 6.07) is 9.11. The minimum atomic E-state index is -0.661. The van der Waals surface area contributed by atoms with Gasteiger partial charge < -0.3 is 10.1 Å². The summed E-state index contributed by atoms with van der Waals surface area (Å²) in [5, 5.41) is 3.08. The summed E-state index contributed by atoms with van der Waals surface area (Å²) in [5.41, 5.74) is 0.352. The van der Waals surface area contributed by atoms with Crippen molar-refractivity contribution in [3.63, 3.8) is 0 Å². The van der Waals surface area contributed by atoms with Gasteiger partial charge in [-0.05, 0) is 24.3 Å². The number of ether oxygens (including phenoxy) is 1. The lowest BCUT2D eigenvalue weighted by atomic mass is 10.1. The van der Waals surface area contributed by atoms with E-state index in [-0.39, 0.29) is 22.6 Å². The summed E-state index contributed by atoms with van der Waals surface area (Å²) < 4.78 is 33.3. The predicted molar refractivity (Wildman–Crippen MR) is 79.9 cm³/mol. The van der Waals surface area contributed by atoms with E-state index in [4.69, 9.17) is 16.3 Å². The van der Waals surface area contributed by atoms with E-state index in [9.17, 15) is 8.78 Å². The van der Waals surface area contributed by atoms with Crippen LogP contribution in [0.4, 0.5) is 8.78 Å². The van der Waals surface area contributed by atoms with E-state index in [0.29, 0.717) is 12.1 Å². The highest BCUT2D eigenvalue weighted by atomic mass is 35.5. The maximum absolute atomic E-state index is 13.9. The molecule has 5 heteroatoms. The third-order valence-corrected chi connectivity index (χ3v) is 3.19. The highest BCUT2D eigenvalue weighted by molar-refractivity contribution is 6.30. The molecule has 0 aliphatic heterocycles. The van der Waals surface area contributed by atoms with E-state index in [1.54, 1.807) is 12.1 Å². The first-order chi connectivity index (χ1) is 9.99. The van der Waals surface area contributed by atoms with Crippen LogP contribution in [0.5, 0.6) is 11.5 Å². The van der Waals surface area contributed by atoms with Crippen LogP contribution in [-0.4, -0.2) is 6.04 Å². The van der Waals surface area contributed by atoms with Gasteiger partial charge in [0.1, 0.15) is 11.6 Å². The molecular weight excluding hydrogens is 296 g/mol. The van der Waals surface area contributed by atoms with Crippen LogP contribution in [-0.2, 0) is 6.54 Å². The van der Waals surface area contributed by atoms with Crippen LogP contribution in [0, 0.1) is 11.6 Å². The standard InChI is InChI=1S/C16H16ClF2NO/c1-10(2)20-9-11-13(18)6-4-7-14(11)21-15-8-3-5-12(17)16(15)19/h3-8,10,20H,9H2,1-2H3. The highest BCUT2D eigenvalue weighted by Crippen LogP contribution is 2.31. The fraction of sp³-hybridized carbons (Fsp3) is 0.250. The fourth-order valence-electron chi connectivity index (χ4n) is 1.79. The van der Waals surface area contributed by atoms with Crippen molar-refractivity contribution in [2.24, 2.45) is 0 Å². The number of benzene rings is 2.